The van der Waals surface area contributed by atoms with E-state index in [1.807, 2.05) is 0 Å². The van der Waals surface area contributed by atoms with Gasteiger partial charge in [0.1, 0.15) is 11.2 Å². The van der Waals surface area contributed by atoms with Crippen LogP contribution in [0.4, 0.5) is 11.4 Å². The Morgan fingerprint density at radius 3 is 2.09 bits per heavy atom. The highest BCUT2D eigenvalue weighted by Crippen LogP contribution is 2.94. The van der Waals surface area contributed by atoms with E-state index in [9.17, 15) is 0 Å². The van der Waals surface area contributed by atoms with Gasteiger partial charge >= 0.3 is 0 Å². The lowest BCUT2D eigenvalue weighted by Gasteiger charge is -2.92. The molecule has 2 heteroatoms. The molecule has 2 spiro atoms. The van der Waals surface area contributed by atoms with Gasteiger partial charge in [0.25, 0.3) is 0 Å². The lowest BCUT2D eigenvalue weighted by molar-refractivity contribution is -0.412. The zero-order valence-corrected chi connectivity index (χ0v) is 40.0. The highest BCUT2D eigenvalue weighted by molar-refractivity contribution is 6.11. The van der Waals surface area contributed by atoms with Gasteiger partial charge in [-0.15, -0.1) is 0 Å². The summed E-state index contributed by atoms with van der Waals surface area (Å²) in [6.45, 7) is 2.39. The first-order valence-corrected chi connectivity index (χ1v) is 26.7. The highest BCUT2D eigenvalue weighted by Gasteiger charge is 2.90. The number of hydrogen-bond acceptors (Lipinski definition) is 2. The van der Waals surface area contributed by atoms with E-state index in [2.05, 4.69) is 194 Å². The normalized spacial score (nSPS) is 26.8. The van der Waals surface area contributed by atoms with Crippen LogP contribution in [0, 0.1) is 35.0 Å². The third-order valence-corrected chi connectivity index (χ3v) is 19.7. The lowest BCUT2D eigenvalue weighted by atomic mass is 9.11. The second kappa shape index (κ2) is 14.6. The second-order valence-corrected chi connectivity index (χ2v) is 22.5. The quantitative estimate of drug-likeness (QED) is 0.158. The first-order valence-electron chi connectivity index (χ1n) is 26.7. The van der Waals surface area contributed by atoms with E-state index >= 15 is 0 Å². The average Bonchev–Trinajstić information content (AvgIpc) is 3.94. The van der Waals surface area contributed by atoms with Crippen molar-refractivity contribution in [2.45, 2.75) is 76.0 Å². The van der Waals surface area contributed by atoms with Gasteiger partial charge in [-0.3, -0.25) is 0 Å². The topological polar surface area (TPSA) is 16.4 Å². The van der Waals surface area contributed by atoms with Crippen LogP contribution in [0.15, 0.2) is 192 Å². The Labute approximate surface area is 411 Å². The van der Waals surface area contributed by atoms with Crippen molar-refractivity contribution in [2.24, 2.45) is 35.0 Å². The molecule has 9 aromatic rings. The number of benzene rings is 8. The van der Waals surface area contributed by atoms with Crippen molar-refractivity contribution < 1.29 is 4.42 Å². The highest BCUT2D eigenvalue weighted by atomic mass is 16.3. The van der Waals surface area contributed by atoms with E-state index in [-0.39, 0.29) is 5.41 Å². The molecule has 8 aromatic carbocycles. The van der Waals surface area contributed by atoms with Crippen LogP contribution in [0.3, 0.4) is 0 Å². The molecule has 0 N–H and O–H groups in total. The monoisotopic (exact) mass is 903 g/mol. The summed E-state index contributed by atoms with van der Waals surface area (Å²) in [4.78, 5) is 2.58. The molecule has 1 heterocycles. The van der Waals surface area contributed by atoms with E-state index in [4.69, 9.17) is 4.42 Å². The minimum absolute atomic E-state index is 0.199. The molecule has 7 aliphatic rings. The number of furan rings is 1. The van der Waals surface area contributed by atoms with Crippen molar-refractivity contribution in [3.8, 4) is 33.4 Å². The van der Waals surface area contributed by atoms with Crippen molar-refractivity contribution in [1.29, 1.82) is 0 Å². The van der Waals surface area contributed by atoms with Gasteiger partial charge in [0.15, 0.2) is 0 Å². The summed E-state index contributed by atoms with van der Waals surface area (Å²) in [6.07, 6.45) is 16.9. The third kappa shape index (κ3) is 5.10. The summed E-state index contributed by atoms with van der Waals surface area (Å²) in [7, 11) is 0. The van der Waals surface area contributed by atoms with E-state index in [1.165, 1.54) is 107 Å². The summed E-state index contributed by atoms with van der Waals surface area (Å²) in [5, 5.41) is 5.07. The van der Waals surface area contributed by atoms with E-state index < -0.39 is 0 Å². The van der Waals surface area contributed by atoms with E-state index in [0.717, 1.165) is 74.5 Å². The molecule has 5 unspecified atom stereocenters. The minimum Gasteiger partial charge on any atom is -0.455 e. The van der Waals surface area contributed by atoms with Crippen molar-refractivity contribution in [1.82, 2.24) is 0 Å². The molecule has 16 rings (SSSR count). The molecule has 5 atom stereocenters. The number of nitrogens with zero attached hydrogens (tertiary/aromatic N) is 1. The Kier molecular flexibility index (Phi) is 8.31. The van der Waals surface area contributed by atoms with Crippen LogP contribution in [0.25, 0.3) is 71.7 Å². The molecule has 70 heavy (non-hydrogen) atoms. The number of rotatable bonds is 7. The summed E-state index contributed by atoms with van der Waals surface area (Å²) < 4.78 is 6.79. The second-order valence-electron chi connectivity index (χ2n) is 22.5. The Balaban J connectivity index is 0.860. The smallest absolute Gasteiger partial charge is 0.143 e. The first-order chi connectivity index (χ1) is 34.6. The zero-order valence-electron chi connectivity index (χ0n) is 40.0. The van der Waals surface area contributed by atoms with Crippen LogP contribution in [0.2, 0.25) is 0 Å². The standard InChI is InChI=1S/C68H57NO/c1-41-28-35-61(57(36-41)54-22-12-17-44-16-11-21-49(65(44)54)43-14-3-2-4-15-43)69(60-26-9-6-19-52(60)55-23-13-24-56-53-20-7-10-27-62(53)70-66(55)56)48-32-29-42(30-33-48)45-31-34-51-50-18-5-8-25-58(50)68(59(51)37-45)63-39-46-38-47-40-64(68)67(46,47)63/h5-13,16-27,29-37,41,43,46-47,63-64H,2-4,14-15,28,38-40H2,1H3. The molecular weight excluding hydrogens is 847 g/mol. The Morgan fingerprint density at radius 2 is 1.24 bits per heavy atom. The zero-order chi connectivity index (χ0) is 45.9. The largest absolute Gasteiger partial charge is 0.455 e. The van der Waals surface area contributed by atoms with Gasteiger partial charge in [0.05, 0.1) is 5.69 Å². The van der Waals surface area contributed by atoms with Crippen molar-refractivity contribution in [3.63, 3.8) is 0 Å². The average molecular weight is 904 g/mol. The van der Waals surface area contributed by atoms with Crippen LogP contribution in [-0.2, 0) is 5.41 Å². The molecule has 1 aromatic heterocycles. The maximum Gasteiger partial charge on any atom is 0.143 e. The van der Waals surface area contributed by atoms with Gasteiger partial charge in [-0.2, -0.15) is 0 Å². The SMILES string of the molecule is CC1C=C(c2cccc3cccc(C4CCCCC4)c23)C(N(c2ccc(-c3ccc4c(c3)C3(c5ccccc5-4)C4CC5CC6CC3C564)cc2)c2ccccc2-c2cccc3c2oc2ccccc23)=CC1. The molecular formula is C68H57NO. The molecule has 7 aliphatic carbocycles. The van der Waals surface area contributed by atoms with Gasteiger partial charge in [-0.25, -0.2) is 0 Å². The van der Waals surface area contributed by atoms with Crippen LogP contribution in [0.1, 0.15) is 92.9 Å². The minimum atomic E-state index is 0.199. The van der Waals surface area contributed by atoms with Gasteiger partial charge in [-0.1, -0.05) is 178 Å². The summed E-state index contributed by atoms with van der Waals surface area (Å²) in [6, 6.07) is 64.9. The van der Waals surface area contributed by atoms with E-state index in [1.54, 1.807) is 11.1 Å². The predicted octanol–water partition coefficient (Wildman–Crippen LogP) is 18.2. The Morgan fingerprint density at radius 1 is 0.557 bits per heavy atom. The lowest BCUT2D eigenvalue weighted by Crippen LogP contribution is -2.88. The predicted molar refractivity (Wildman–Crippen MR) is 289 cm³/mol. The van der Waals surface area contributed by atoms with Crippen molar-refractivity contribution >= 4 is 49.7 Å². The molecule has 5 fully saturated rings. The van der Waals surface area contributed by atoms with Crippen LogP contribution in [0.5, 0.6) is 0 Å². The van der Waals surface area contributed by atoms with Gasteiger partial charge in [-0.05, 0) is 165 Å². The molecule has 2 nitrogen and oxygen atoms in total. The van der Waals surface area contributed by atoms with Gasteiger partial charge in [0, 0.05) is 44.3 Å². The maximum absolute atomic E-state index is 6.79. The first kappa shape index (κ1) is 39.9. The fourth-order valence-electron chi connectivity index (χ4n) is 16.8. The molecule has 0 amide bonds. The Hall–Kier alpha value is -6.90. The summed E-state index contributed by atoms with van der Waals surface area (Å²) in [5.74, 6) is 4.61. The molecule has 340 valence electrons. The molecule has 0 bridgehead atoms. The fourth-order valence-corrected chi connectivity index (χ4v) is 16.8. The molecule has 0 aliphatic heterocycles. The summed E-state index contributed by atoms with van der Waals surface area (Å²) >= 11 is 0. The van der Waals surface area contributed by atoms with Crippen LogP contribution >= 0.6 is 0 Å². The third-order valence-electron chi connectivity index (χ3n) is 19.7. The van der Waals surface area contributed by atoms with Crippen molar-refractivity contribution in [3.05, 3.63) is 210 Å². The number of anilines is 2. The molecule has 0 saturated heterocycles. The maximum atomic E-state index is 6.79. The number of para-hydroxylation sites is 3. The number of hydrogen-bond donors (Lipinski definition) is 0. The van der Waals surface area contributed by atoms with Gasteiger partial charge < -0.3 is 9.32 Å². The van der Waals surface area contributed by atoms with Gasteiger partial charge in [0.2, 0.25) is 0 Å². The molecule has 0 radical (unpaired) electrons. The number of allylic oxidation sites excluding steroid dienone is 3. The fraction of sp³-hybridized carbons (Fsp3) is 0.265. The van der Waals surface area contributed by atoms with Crippen LogP contribution in [-0.4, -0.2) is 0 Å². The summed E-state index contributed by atoms with van der Waals surface area (Å²) in [5.41, 5.74) is 21.5. The number of fused-ring (bicyclic) bond motifs is 11. The van der Waals surface area contributed by atoms with Crippen LogP contribution < -0.4 is 4.90 Å². The van der Waals surface area contributed by atoms with Crippen molar-refractivity contribution in [2.75, 3.05) is 4.90 Å². The molecule has 5 saturated carbocycles. The Bertz CT molecular complexity index is 3700. The van der Waals surface area contributed by atoms with E-state index in [0.29, 0.717) is 17.3 Å².